The van der Waals surface area contributed by atoms with Crippen LogP contribution < -0.4 is 15.4 Å². The number of anilines is 1. The summed E-state index contributed by atoms with van der Waals surface area (Å²) in [5.41, 5.74) is 1.52. The number of nitrogens with one attached hydrogen (secondary N) is 2. The Morgan fingerprint density at radius 2 is 1.83 bits per heavy atom. The number of amides is 2. The standard InChI is InChI=1S/C24H31BrN2O3/c1-4-6-7-8-14-30-22-13-12-19(25)16-21(22)24(29)27-20-11-9-10-18(15-20)23(28)26-17(3)5-2/h9-13,15-17H,4-8,14H2,1-3H3,(H,26,28)(H,27,29). The summed E-state index contributed by atoms with van der Waals surface area (Å²) in [5.74, 6) is 0.121. The van der Waals surface area contributed by atoms with Gasteiger partial charge in [-0.3, -0.25) is 9.59 Å². The summed E-state index contributed by atoms with van der Waals surface area (Å²) in [6, 6.07) is 12.4. The van der Waals surface area contributed by atoms with Gasteiger partial charge in [-0.1, -0.05) is 55.1 Å². The molecule has 0 aliphatic rings. The van der Waals surface area contributed by atoms with Crippen molar-refractivity contribution in [2.45, 2.75) is 58.9 Å². The van der Waals surface area contributed by atoms with Gasteiger partial charge in [-0.25, -0.2) is 0 Å². The van der Waals surface area contributed by atoms with E-state index >= 15 is 0 Å². The van der Waals surface area contributed by atoms with E-state index < -0.39 is 0 Å². The third kappa shape index (κ3) is 7.48. The van der Waals surface area contributed by atoms with Crippen molar-refractivity contribution in [3.63, 3.8) is 0 Å². The summed E-state index contributed by atoms with van der Waals surface area (Å²) in [6.45, 7) is 6.72. The Morgan fingerprint density at radius 1 is 1.03 bits per heavy atom. The van der Waals surface area contributed by atoms with Crippen LogP contribution in [-0.4, -0.2) is 24.5 Å². The van der Waals surface area contributed by atoms with Crippen molar-refractivity contribution in [1.29, 1.82) is 0 Å². The first-order valence-electron chi connectivity index (χ1n) is 10.6. The largest absolute Gasteiger partial charge is 0.493 e. The third-order valence-corrected chi connectivity index (χ3v) is 5.31. The summed E-state index contributed by atoms with van der Waals surface area (Å²) in [7, 11) is 0. The van der Waals surface area contributed by atoms with E-state index in [1.807, 2.05) is 19.9 Å². The Bertz CT molecular complexity index is 854. The molecule has 0 bridgehead atoms. The number of halogens is 1. The van der Waals surface area contributed by atoms with Crippen molar-refractivity contribution in [3.05, 3.63) is 58.1 Å². The molecule has 0 fully saturated rings. The van der Waals surface area contributed by atoms with E-state index in [2.05, 4.69) is 33.5 Å². The summed E-state index contributed by atoms with van der Waals surface area (Å²) >= 11 is 3.42. The lowest BCUT2D eigenvalue weighted by atomic mass is 10.1. The summed E-state index contributed by atoms with van der Waals surface area (Å²) in [6.07, 6.45) is 5.27. The zero-order valence-corrected chi connectivity index (χ0v) is 19.6. The average Bonchev–Trinajstić information content (AvgIpc) is 2.74. The normalized spacial score (nSPS) is 11.6. The molecule has 1 atom stereocenters. The highest BCUT2D eigenvalue weighted by atomic mass is 79.9. The first-order valence-corrected chi connectivity index (χ1v) is 11.4. The Morgan fingerprint density at radius 3 is 2.57 bits per heavy atom. The van der Waals surface area contributed by atoms with Crippen LogP contribution in [0.2, 0.25) is 0 Å². The van der Waals surface area contributed by atoms with Crippen LogP contribution in [0, 0.1) is 0 Å². The predicted molar refractivity (Wildman–Crippen MR) is 125 cm³/mol. The molecule has 5 nitrogen and oxygen atoms in total. The van der Waals surface area contributed by atoms with Gasteiger partial charge in [0.2, 0.25) is 0 Å². The molecule has 6 heteroatoms. The van der Waals surface area contributed by atoms with Crippen molar-refractivity contribution in [3.8, 4) is 5.75 Å². The molecule has 2 aromatic rings. The lowest BCUT2D eigenvalue weighted by Gasteiger charge is -2.14. The SMILES string of the molecule is CCCCCCOc1ccc(Br)cc1C(=O)Nc1cccc(C(=O)NC(C)CC)c1. The molecule has 0 heterocycles. The molecule has 2 aromatic carbocycles. The number of hydrogen-bond acceptors (Lipinski definition) is 3. The van der Waals surface area contributed by atoms with Crippen LogP contribution in [0.3, 0.4) is 0 Å². The van der Waals surface area contributed by atoms with Gasteiger partial charge in [0, 0.05) is 21.8 Å². The molecule has 30 heavy (non-hydrogen) atoms. The molecule has 1 unspecified atom stereocenters. The van der Waals surface area contributed by atoms with Crippen molar-refractivity contribution < 1.29 is 14.3 Å². The number of carbonyl (C=O) groups is 2. The smallest absolute Gasteiger partial charge is 0.259 e. The number of unbranched alkanes of at least 4 members (excludes halogenated alkanes) is 3. The molecule has 0 saturated carbocycles. The maximum absolute atomic E-state index is 12.9. The second-order valence-corrected chi connectivity index (χ2v) is 8.28. The van der Waals surface area contributed by atoms with Crippen LogP contribution in [-0.2, 0) is 0 Å². The minimum Gasteiger partial charge on any atom is -0.493 e. The Labute approximate surface area is 187 Å². The fourth-order valence-electron chi connectivity index (χ4n) is 2.86. The van der Waals surface area contributed by atoms with E-state index in [9.17, 15) is 9.59 Å². The van der Waals surface area contributed by atoms with Gasteiger partial charge in [-0.05, 0) is 56.2 Å². The highest BCUT2D eigenvalue weighted by Gasteiger charge is 2.15. The van der Waals surface area contributed by atoms with Gasteiger partial charge >= 0.3 is 0 Å². The molecule has 0 aliphatic carbocycles. The Hall–Kier alpha value is -2.34. The molecule has 2 rings (SSSR count). The zero-order chi connectivity index (χ0) is 21.9. The van der Waals surface area contributed by atoms with Gasteiger partial charge in [0.05, 0.1) is 12.2 Å². The molecule has 2 amide bonds. The predicted octanol–water partition coefficient (Wildman–Crippen LogP) is 6.19. The van der Waals surface area contributed by atoms with E-state index in [1.54, 1.807) is 36.4 Å². The van der Waals surface area contributed by atoms with Crippen molar-refractivity contribution in [2.75, 3.05) is 11.9 Å². The van der Waals surface area contributed by atoms with Crippen molar-refractivity contribution in [1.82, 2.24) is 5.32 Å². The molecule has 0 aromatic heterocycles. The first kappa shape index (κ1) is 23.9. The first-order chi connectivity index (χ1) is 14.4. The number of rotatable bonds is 11. The van der Waals surface area contributed by atoms with Crippen molar-refractivity contribution >= 4 is 33.4 Å². The molecule has 0 saturated heterocycles. The minimum absolute atomic E-state index is 0.0921. The quantitative estimate of drug-likeness (QED) is 0.381. The average molecular weight is 475 g/mol. The van der Waals surface area contributed by atoms with Gasteiger partial charge in [0.25, 0.3) is 11.8 Å². The van der Waals surface area contributed by atoms with Crippen LogP contribution >= 0.6 is 15.9 Å². The molecular weight excluding hydrogens is 444 g/mol. The second-order valence-electron chi connectivity index (χ2n) is 7.37. The van der Waals surface area contributed by atoms with E-state index in [0.29, 0.717) is 29.2 Å². The van der Waals surface area contributed by atoms with E-state index in [1.165, 1.54) is 12.8 Å². The highest BCUT2D eigenvalue weighted by Crippen LogP contribution is 2.25. The fraction of sp³-hybridized carbons (Fsp3) is 0.417. The Balaban J connectivity index is 2.09. The fourth-order valence-corrected chi connectivity index (χ4v) is 3.22. The van der Waals surface area contributed by atoms with Gasteiger partial charge in [-0.2, -0.15) is 0 Å². The molecule has 0 spiro atoms. The van der Waals surface area contributed by atoms with Crippen LogP contribution in [0.4, 0.5) is 5.69 Å². The topological polar surface area (TPSA) is 67.4 Å². The number of hydrogen-bond donors (Lipinski definition) is 2. The minimum atomic E-state index is -0.278. The van der Waals surface area contributed by atoms with Crippen LogP contribution in [0.15, 0.2) is 46.9 Å². The van der Waals surface area contributed by atoms with Crippen LogP contribution in [0.25, 0.3) is 0 Å². The summed E-state index contributed by atoms with van der Waals surface area (Å²) in [5, 5.41) is 5.81. The maximum Gasteiger partial charge on any atom is 0.259 e. The van der Waals surface area contributed by atoms with Crippen LogP contribution in [0.5, 0.6) is 5.75 Å². The lowest BCUT2D eigenvalue weighted by Crippen LogP contribution is -2.31. The zero-order valence-electron chi connectivity index (χ0n) is 18.0. The third-order valence-electron chi connectivity index (χ3n) is 4.81. The van der Waals surface area contributed by atoms with Crippen molar-refractivity contribution in [2.24, 2.45) is 0 Å². The Kier molecular flexibility index (Phi) is 9.87. The molecular formula is C24H31BrN2O3. The number of carbonyl (C=O) groups excluding carboxylic acids is 2. The molecule has 0 aliphatic heterocycles. The molecule has 0 radical (unpaired) electrons. The van der Waals surface area contributed by atoms with E-state index in [-0.39, 0.29) is 17.9 Å². The number of benzene rings is 2. The van der Waals surface area contributed by atoms with E-state index in [4.69, 9.17) is 4.74 Å². The van der Waals surface area contributed by atoms with Gasteiger partial charge in [0.15, 0.2) is 0 Å². The van der Waals surface area contributed by atoms with Gasteiger partial charge in [-0.15, -0.1) is 0 Å². The monoisotopic (exact) mass is 474 g/mol. The number of ether oxygens (including phenoxy) is 1. The van der Waals surface area contributed by atoms with Gasteiger partial charge < -0.3 is 15.4 Å². The summed E-state index contributed by atoms with van der Waals surface area (Å²) in [4.78, 5) is 25.3. The molecule has 162 valence electrons. The second kappa shape index (κ2) is 12.4. The maximum atomic E-state index is 12.9. The van der Waals surface area contributed by atoms with Crippen LogP contribution in [0.1, 0.15) is 73.6 Å². The lowest BCUT2D eigenvalue weighted by molar-refractivity contribution is 0.0938. The molecule has 2 N–H and O–H groups in total. The van der Waals surface area contributed by atoms with E-state index in [0.717, 1.165) is 23.7 Å². The summed E-state index contributed by atoms with van der Waals surface area (Å²) < 4.78 is 6.67. The van der Waals surface area contributed by atoms with Gasteiger partial charge in [0.1, 0.15) is 5.75 Å². The highest BCUT2D eigenvalue weighted by molar-refractivity contribution is 9.10.